The van der Waals surface area contributed by atoms with E-state index in [-0.39, 0.29) is 6.10 Å². The molecule has 0 aliphatic carbocycles. The van der Waals surface area contributed by atoms with Crippen LogP contribution in [0.4, 0.5) is 0 Å². The Morgan fingerprint density at radius 1 is 1.33 bits per heavy atom. The number of aliphatic hydroxyl groups excluding tert-OH is 1. The minimum Gasteiger partial charge on any atom is -0.491 e. The first-order valence-corrected chi connectivity index (χ1v) is 6.69. The van der Waals surface area contributed by atoms with Gasteiger partial charge in [0.25, 0.3) is 0 Å². The molecule has 0 saturated carbocycles. The fourth-order valence-corrected chi connectivity index (χ4v) is 1.89. The third kappa shape index (κ3) is 5.91. The van der Waals surface area contributed by atoms with Crippen molar-refractivity contribution >= 4 is 23.2 Å². The van der Waals surface area contributed by atoms with E-state index in [0.29, 0.717) is 22.4 Å². The molecule has 0 aliphatic rings. The predicted molar refractivity (Wildman–Crippen MR) is 75.8 cm³/mol. The molecule has 1 atom stereocenters. The first-order chi connectivity index (χ1) is 8.49. The third-order valence-electron chi connectivity index (χ3n) is 2.55. The van der Waals surface area contributed by atoms with Crippen LogP contribution in [0.2, 0.25) is 10.0 Å². The zero-order valence-corrected chi connectivity index (χ0v) is 12.2. The Labute approximate surface area is 118 Å². The maximum atomic E-state index is 9.18. The van der Waals surface area contributed by atoms with Crippen molar-refractivity contribution in [2.24, 2.45) is 0 Å². The van der Waals surface area contributed by atoms with E-state index in [9.17, 15) is 5.11 Å². The van der Waals surface area contributed by atoms with E-state index >= 15 is 0 Å². The van der Waals surface area contributed by atoms with E-state index in [1.54, 1.807) is 25.1 Å². The van der Waals surface area contributed by atoms with Gasteiger partial charge in [0.2, 0.25) is 0 Å². The van der Waals surface area contributed by atoms with Gasteiger partial charge in [-0.1, -0.05) is 23.2 Å². The van der Waals surface area contributed by atoms with Crippen molar-refractivity contribution in [1.29, 1.82) is 0 Å². The maximum Gasteiger partial charge on any atom is 0.138 e. The summed E-state index contributed by atoms with van der Waals surface area (Å²) in [7, 11) is 2.00. The van der Waals surface area contributed by atoms with Crippen LogP contribution in [0.5, 0.6) is 5.75 Å². The van der Waals surface area contributed by atoms with Crippen LogP contribution in [0.25, 0.3) is 0 Å². The highest BCUT2D eigenvalue weighted by Gasteiger charge is 2.04. The Balaban J connectivity index is 2.28. The number of hydrogen-bond donors (Lipinski definition) is 1. The first kappa shape index (κ1) is 15.6. The van der Waals surface area contributed by atoms with Gasteiger partial charge < -0.3 is 14.7 Å². The second-order valence-corrected chi connectivity index (χ2v) is 5.21. The molecule has 3 nitrogen and oxygen atoms in total. The zero-order valence-electron chi connectivity index (χ0n) is 10.7. The lowest BCUT2D eigenvalue weighted by molar-refractivity contribution is 0.157. The lowest BCUT2D eigenvalue weighted by atomic mass is 10.3. The number of rotatable bonds is 7. The molecule has 0 aliphatic heterocycles. The molecule has 1 aromatic rings. The summed E-state index contributed by atoms with van der Waals surface area (Å²) >= 11 is 11.8. The quantitative estimate of drug-likeness (QED) is 0.838. The number of likely N-dealkylation sites (N-methyl/N-ethyl adjacent to an activating group) is 1. The molecule has 18 heavy (non-hydrogen) atoms. The highest BCUT2D eigenvalue weighted by atomic mass is 35.5. The molecule has 1 N–H and O–H groups in total. The monoisotopic (exact) mass is 291 g/mol. The summed E-state index contributed by atoms with van der Waals surface area (Å²) < 4.78 is 5.57. The van der Waals surface area contributed by atoms with Gasteiger partial charge in [-0.2, -0.15) is 0 Å². The molecule has 0 fully saturated rings. The molecule has 102 valence electrons. The van der Waals surface area contributed by atoms with Crippen molar-refractivity contribution in [1.82, 2.24) is 4.90 Å². The fraction of sp³-hybridized carbons (Fsp3) is 0.538. The fourth-order valence-electron chi connectivity index (χ4n) is 1.42. The standard InChI is InChI=1S/C13H19Cl2NO2/c1-10(17)5-6-16(2)7-8-18-13-4-3-11(14)9-12(13)15/h3-4,9-10,17H,5-8H2,1-2H3. The Kier molecular flexibility index (Phi) is 6.79. The number of hydrogen-bond acceptors (Lipinski definition) is 3. The molecule has 1 unspecified atom stereocenters. The van der Waals surface area contributed by atoms with Crippen LogP contribution in [0.15, 0.2) is 18.2 Å². The van der Waals surface area contributed by atoms with Gasteiger partial charge >= 0.3 is 0 Å². The summed E-state index contributed by atoms with van der Waals surface area (Å²) in [5, 5.41) is 10.3. The lowest BCUT2D eigenvalue weighted by Gasteiger charge is -2.18. The minimum absolute atomic E-state index is 0.265. The zero-order chi connectivity index (χ0) is 13.5. The normalized spacial score (nSPS) is 12.8. The summed E-state index contributed by atoms with van der Waals surface area (Å²) in [5.74, 6) is 0.644. The van der Waals surface area contributed by atoms with Crippen molar-refractivity contribution in [3.63, 3.8) is 0 Å². The van der Waals surface area contributed by atoms with Crippen molar-refractivity contribution in [2.75, 3.05) is 26.7 Å². The third-order valence-corrected chi connectivity index (χ3v) is 3.08. The van der Waals surface area contributed by atoms with Gasteiger partial charge in [-0.3, -0.25) is 0 Å². The van der Waals surface area contributed by atoms with Crippen molar-refractivity contribution in [3.8, 4) is 5.75 Å². The highest BCUT2D eigenvalue weighted by molar-refractivity contribution is 6.35. The van der Waals surface area contributed by atoms with Crippen molar-refractivity contribution in [3.05, 3.63) is 28.2 Å². The first-order valence-electron chi connectivity index (χ1n) is 5.93. The van der Waals surface area contributed by atoms with Gasteiger partial charge in [0.05, 0.1) is 11.1 Å². The minimum atomic E-state index is -0.265. The molecule has 0 heterocycles. The van der Waals surface area contributed by atoms with Crippen LogP contribution in [-0.4, -0.2) is 42.9 Å². The molecule has 0 saturated heterocycles. The molecular formula is C13H19Cl2NO2. The van der Waals surface area contributed by atoms with Crippen LogP contribution < -0.4 is 4.74 Å². The number of nitrogens with zero attached hydrogens (tertiary/aromatic N) is 1. The maximum absolute atomic E-state index is 9.18. The molecule has 5 heteroatoms. The number of halogens is 2. The molecule has 0 radical (unpaired) electrons. The summed E-state index contributed by atoms with van der Waals surface area (Å²) in [6, 6.07) is 5.18. The molecule has 0 spiro atoms. The van der Waals surface area contributed by atoms with Crippen LogP contribution in [0, 0.1) is 0 Å². The van der Waals surface area contributed by atoms with Crippen LogP contribution in [0.1, 0.15) is 13.3 Å². The summed E-state index contributed by atoms with van der Waals surface area (Å²) in [6.45, 7) is 3.97. The van der Waals surface area contributed by atoms with Gasteiger partial charge in [-0.15, -0.1) is 0 Å². The molecule has 1 rings (SSSR count). The van der Waals surface area contributed by atoms with E-state index in [0.717, 1.165) is 19.5 Å². The number of benzene rings is 1. The molecule has 0 bridgehead atoms. The van der Waals surface area contributed by atoms with Gasteiger partial charge in [0.1, 0.15) is 12.4 Å². The largest absolute Gasteiger partial charge is 0.491 e. The number of aliphatic hydroxyl groups is 1. The van der Waals surface area contributed by atoms with E-state index in [4.69, 9.17) is 27.9 Å². The summed E-state index contributed by atoms with van der Waals surface area (Å²) in [4.78, 5) is 2.11. The molecule has 0 amide bonds. The number of ether oxygens (including phenoxy) is 1. The van der Waals surface area contributed by atoms with Crippen molar-refractivity contribution < 1.29 is 9.84 Å². The van der Waals surface area contributed by atoms with Gasteiger partial charge in [-0.25, -0.2) is 0 Å². The van der Waals surface area contributed by atoms with E-state index in [2.05, 4.69) is 4.90 Å². The Morgan fingerprint density at radius 3 is 2.67 bits per heavy atom. The van der Waals surface area contributed by atoms with Gasteiger partial charge in [0.15, 0.2) is 0 Å². The van der Waals surface area contributed by atoms with E-state index in [1.807, 2.05) is 7.05 Å². The molecular weight excluding hydrogens is 273 g/mol. The smallest absolute Gasteiger partial charge is 0.138 e. The van der Waals surface area contributed by atoms with Gasteiger partial charge in [0, 0.05) is 18.1 Å². The Hall–Kier alpha value is -0.480. The SMILES string of the molecule is CC(O)CCN(C)CCOc1ccc(Cl)cc1Cl. The average Bonchev–Trinajstić information content (AvgIpc) is 2.29. The second-order valence-electron chi connectivity index (χ2n) is 4.36. The average molecular weight is 292 g/mol. The Bertz CT molecular complexity index is 372. The summed E-state index contributed by atoms with van der Waals surface area (Å²) in [6.07, 6.45) is 0.497. The topological polar surface area (TPSA) is 32.7 Å². The van der Waals surface area contributed by atoms with Crippen LogP contribution >= 0.6 is 23.2 Å². The van der Waals surface area contributed by atoms with Gasteiger partial charge in [-0.05, 0) is 38.6 Å². The lowest BCUT2D eigenvalue weighted by Crippen LogP contribution is -2.27. The van der Waals surface area contributed by atoms with Crippen molar-refractivity contribution in [2.45, 2.75) is 19.4 Å². The molecule has 0 aromatic heterocycles. The second kappa shape index (κ2) is 7.85. The van der Waals surface area contributed by atoms with Crippen LogP contribution in [0.3, 0.4) is 0 Å². The predicted octanol–water partition coefficient (Wildman–Crippen LogP) is 3.07. The molecule has 1 aromatic carbocycles. The van der Waals surface area contributed by atoms with E-state index < -0.39 is 0 Å². The summed E-state index contributed by atoms with van der Waals surface area (Å²) in [5.41, 5.74) is 0. The Morgan fingerprint density at radius 2 is 2.06 bits per heavy atom. The highest BCUT2D eigenvalue weighted by Crippen LogP contribution is 2.27. The van der Waals surface area contributed by atoms with Crippen LogP contribution in [-0.2, 0) is 0 Å². The van der Waals surface area contributed by atoms with E-state index in [1.165, 1.54) is 0 Å².